The molecule has 4 nitrogen and oxygen atoms in total. The molecular weight excluding hydrogens is 306 g/mol. The van der Waals surface area contributed by atoms with Gasteiger partial charge in [-0.25, -0.2) is 4.98 Å². The molecule has 0 unspecified atom stereocenters. The van der Waals surface area contributed by atoms with Crippen molar-refractivity contribution in [2.24, 2.45) is 5.73 Å². The van der Waals surface area contributed by atoms with E-state index in [-0.39, 0.29) is 0 Å². The van der Waals surface area contributed by atoms with Crippen molar-refractivity contribution >= 4 is 22.9 Å². The van der Waals surface area contributed by atoms with Crippen LogP contribution in [0.4, 0.5) is 0 Å². The number of aryl methyl sites for hydroxylation is 2. The van der Waals surface area contributed by atoms with Gasteiger partial charge in [-0.2, -0.15) is 0 Å². The number of rotatable bonds is 4. The Morgan fingerprint density at radius 2 is 2.04 bits per heavy atom. The van der Waals surface area contributed by atoms with Crippen LogP contribution < -0.4 is 10.5 Å². The van der Waals surface area contributed by atoms with E-state index in [1.165, 1.54) is 5.56 Å². The Morgan fingerprint density at radius 1 is 1.26 bits per heavy atom. The second kappa shape index (κ2) is 6.01. The molecule has 0 aliphatic carbocycles. The van der Waals surface area contributed by atoms with Gasteiger partial charge in [0.25, 0.3) is 0 Å². The number of aromatic nitrogens is 2. The summed E-state index contributed by atoms with van der Waals surface area (Å²) in [4.78, 5) is 5.26. The smallest absolute Gasteiger partial charge is 0.137 e. The van der Waals surface area contributed by atoms with E-state index in [1.54, 1.807) is 7.11 Å². The lowest BCUT2D eigenvalue weighted by Gasteiger charge is -2.08. The van der Waals surface area contributed by atoms with Crippen molar-refractivity contribution in [3.63, 3.8) is 0 Å². The molecule has 0 radical (unpaired) electrons. The number of imidazole rings is 1. The molecule has 0 saturated heterocycles. The maximum Gasteiger partial charge on any atom is 0.137 e. The maximum atomic E-state index is 5.80. The molecule has 3 rings (SSSR count). The molecule has 0 bridgehead atoms. The molecule has 23 heavy (non-hydrogen) atoms. The summed E-state index contributed by atoms with van der Waals surface area (Å²) in [5.41, 5.74) is 11.9. The minimum atomic E-state index is 0.457. The summed E-state index contributed by atoms with van der Waals surface area (Å²) >= 11 is 5.12. The average Bonchev–Trinajstić information content (AvgIpc) is 2.84. The minimum absolute atomic E-state index is 0.457. The number of benzene rings is 1. The fraction of sp³-hybridized carbons (Fsp3) is 0.222. The van der Waals surface area contributed by atoms with Crippen LogP contribution >= 0.6 is 12.2 Å². The van der Waals surface area contributed by atoms with Gasteiger partial charge in [0.2, 0.25) is 0 Å². The standard InChI is InChI=1S/C18H19N3OS/c1-11-6-7-21-14(10-16(19)23)18(20-17(21)8-11)13-4-5-15(22-3)12(2)9-13/h4-9H,10H2,1-3H3,(H2,19,23). The number of nitrogens with two attached hydrogens (primary N) is 1. The van der Waals surface area contributed by atoms with Crippen molar-refractivity contribution in [3.8, 4) is 17.0 Å². The predicted octanol–water partition coefficient (Wildman–Crippen LogP) is 3.46. The van der Waals surface area contributed by atoms with Crippen LogP contribution in [0, 0.1) is 13.8 Å². The van der Waals surface area contributed by atoms with Gasteiger partial charge >= 0.3 is 0 Å². The zero-order valence-corrected chi connectivity index (χ0v) is 14.3. The Bertz CT molecular complexity index is 899. The number of nitrogens with zero attached hydrogens (tertiary/aromatic N) is 2. The second-order valence-electron chi connectivity index (χ2n) is 5.67. The average molecular weight is 325 g/mol. The van der Waals surface area contributed by atoms with Crippen molar-refractivity contribution < 1.29 is 4.74 Å². The third kappa shape index (κ3) is 2.92. The Labute approximate surface area is 140 Å². The lowest BCUT2D eigenvalue weighted by molar-refractivity contribution is 0.412. The van der Waals surface area contributed by atoms with Crippen LogP contribution in [-0.4, -0.2) is 21.5 Å². The molecule has 1 aromatic carbocycles. The monoisotopic (exact) mass is 325 g/mol. The van der Waals surface area contributed by atoms with E-state index < -0.39 is 0 Å². The van der Waals surface area contributed by atoms with Gasteiger partial charge < -0.3 is 14.9 Å². The largest absolute Gasteiger partial charge is 0.496 e. The fourth-order valence-corrected chi connectivity index (χ4v) is 2.92. The molecule has 0 fully saturated rings. The van der Waals surface area contributed by atoms with Crippen molar-refractivity contribution in [1.29, 1.82) is 0 Å². The Hall–Kier alpha value is -2.40. The number of hydrogen-bond donors (Lipinski definition) is 1. The summed E-state index contributed by atoms with van der Waals surface area (Å²) in [6.45, 7) is 4.08. The molecular formula is C18H19N3OS. The molecule has 5 heteroatoms. The zero-order valence-electron chi connectivity index (χ0n) is 13.5. The van der Waals surface area contributed by atoms with Crippen molar-refractivity contribution in [2.75, 3.05) is 7.11 Å². The molecule has 0 spiro atoms. The van der Waals surface area contributed by atoms with E-state index >= 15 is 0 Å². The van der Waals surface area contributed by atoms with E-state index in [4.69, 9.17) is 27.7 Å². The zero-order chi connectivity index (χ0) is 16.6. The van der Waals surface area contributed by atoms with E-state index in [0.717, 1.165) is 33.9 Å². The number of pyridine rings is 1. The minimum Gasteiger partial charge on any atom is -0.496 e. The highest BCUT2D eigenvalue weighted by atomic mass is 32.1. The van der Waals surface area contributed by atoms with Crippen LogP contribution in [0.2, 0.25) is 0 Å². The van der Waals surface area contributed by atoms with Gasteiger partial charge in [0.15, 0.2) is 0 Å². The summed E-state index contributed by atoms with van der Waals surface area (Å²) in [6, 6.07) is 10.2. The summed E-state index contributed by atoms with van der Waals surface area (Å²) in [7, 11) is 1.67. The first-order valence-electron chi connectivity index (χ1n) is 7.40. The molecule has 0 saturated carbocycles. The maximum absolute atomic E-state index is 5.80. The first kappa shape index (κ1) is 15.5. The molecule has 118 valence electrons. The van der Waals surface area contributed by atoms with E-state index in [9.17, 15) is 0 Å². The highest BCUT2D eigenvalue weighted by Gasteiger charge is 2.15. The van der Waals surface area contributed by atoms with Gasteiger partial charge in [0, 0.05) is 18.2 Å². The summed E-state index contributed by atoms with van der Waals surface area (Å²) in [5.74, 6) is 0.865. The van der Waals surface area contributed by atoms with Gasteiger partial charge in [-0.1, -0.05) is 12.2 Å². The molecule has 3 aromatic rings. The molecule has 2 heterocycles. The van der Waals surface area contributed by atoms with E-state index in [1.807, 2.05) is 25.3 Å². The molecule has 0 amide bonds. The molecule has 2 N–H and O–H groups in total. The predicted molar refractivity (Wildman–Crippen MR) is 97.1 cm³/mol. The Morgan fingerprint density at radius 3 is 2.70 bits per heavy atom. The first-order valence-corrected chi connectivity index (χ1v) is 7.81. The van der Waals surface area contributed by atoms with Crippen molar-refractivity contribution in [2.45, 2.75) is 20.3 Å². The summed E-state index contributed by atoms with van der Waals surface area (Å²) < 4.78 is 7.40. The second-order valence-corrected chi connectivity index (χ2v) is 6.19. The van der Waals surface area contributed by atoms with E-state index in [0.29, 0.717) is 11.4 Å². The highest BCUT2D eigenvalue weighted by molar-refractivity contribution is 7.80. The highest BCUT2D eigenvalue weighted by Crippen LogP contribution is 2.29. The SMILES string of the molecule is COc1ccc(-c2nc3cc(C)ccn3c2CC(N)=S)cc1C. The quantitative estimate of drug-likeness (QED) is 0.747. The molecule has 0 atom stereocenters. The van der Waals surface area contributed by atoms with Crippen molar-refractivity contribution in [3.05, 3.63) is 53.3 Å². The molecule has 0 aliphatic rings. The Balaban J connectivity index is 2.22. The fourth-order valence-electron chi connectivity index (χ4n) is 2.79. The van der Waals surface area contributed by atoms with Crippen LogP contribution in [0.25, 0.3) is 16.9 Å². The van der Waals surface area contributed by atoms with Crippen LogP contribution in [0.3, 0.4) is 0 Å². The molecule has 0 aliphatic heterocycles. The summed E-state index contributed by atoms with van der Waals surface area (Å²) in [6.07, 6.45) is 2.53. The van der Waals surface area contributed by atoms with Crippen LogP contribution in [0.1, 0.15) is 16.8 Å². The topological polar surface area (TPSA) is 52.5 Å². The third-order valence-corrected chi connectivity index (χ3v) is 4.03. The van der Waals surface area contributed by atoms with E-state index in [2.05, 4.69) is 29.5 Å². The number of thiocarbonyl (C=S) groups is 1. The van der Waals surface area contributed by atoms with Crippen molar-refractivity contribution in [1.82, 2.24) is 9.38 Å². The van der Waals surface area contributed by atoms with Gasteiger partial charge in [0.05, 0.1) is 23.5 Å². The van der Waals surface area contributed by atoms with Crippen LogP contribution in [0.5, 0.6) is 5.75 Å². The number of hydrogen-bond acceptors (Lipinski definition) is 3. The molecule has 2 aromatic heterocycles. The number of fused-ring (bicyclic) bond motifs is 1. The normalized spacial score (nSPS) is 10.9. The number of methoxy groups -OCH3 is 1. The van der Waals surface area contributed by atoms with Gasteiger partial charge in [-0.3, -0.25) is 0 Å². The third-order valence-electron chi connectivity index (χ3n) is 3.89. The number of ether oxygens (including phenoxy) is 1. The van der Waals surface area contributed by atoms with Crippen LogP contribution in [0.15, 0.2) is 36.5 Å². The lowest BCUT2D eigenvalue weighted by Crippen LogP contribution is -2.13. The summed E-state index contributed by atoms with van der Waals surface area (Å²) in [5, 5.41) is 0. The first-order chi connectivity index (χ1) is 11.0. The Kier molecular flexibility index (Phi) is 4.05. The lowest BCUT2D eigenvalue weighted by atomic mass is 10.1. The van der Waals surface area contributed by atoms with Gasteiger partial charge in [0.1, 0.15) is 11.4 Å². The van der Waals surface area contributed by atoms with Crippen LogP contribution in [-0.2, 0) is 6.42 Å². The van der Waals surface area contributed by atoms with Gasteiger partial charge in [-0.05, 0) is 55.3 Å². The van der Waals surface area contributed by atoms with Gasteiger partial charge in [-0.15, -0.1) is 0 Å².